The van der Waals surface area contributed by atoms with Crippen LogP contribution in [0.4, 0.5) is 0 Å². The molecule has 1 aliphatic rings. The zero-order valence-electron chi connectivity index (χ0n) is 10.2. The smallest absolute Gasteiger partial charge is 0.302 e. The van der Waals surface area contributed by atoms with Crippen LogP contribution in [0.1, 0.15) is 25.0 Å². The van der Waals surface area contributed by atoms with Crippen molar-refractivity contribution in [3.05, 3.63) is 33.8 Å². The molecule has 94 valence electrons. The molecule has 1 heterocycles. The van der Waals surface area contributed by atoms with E-state index in [4.69, 9.17) is 4.74 Å². The number of ether oxygens (including phenoxy) is 2. The fourth-order valence-electron chi connectivity index (χ4n) is 1.54. The topological polar surface area (TPSA) is 35.5 Å². The molecule has 0 fully saturated rings. The Balaban J connectivity index is 0.000000209. The van der Waals surface area contributed by atoms with Gasteiger partial charge in [-0.25, -0.2) is 0 Å². The summed E-state index contributed by atoms with van der Waals surface area (Å²) >= 11 is 3.45. The summed E-state index contributed by atoms with van der Waals surface area (Å²) in [6.07, 6.45) is 1.05. The van der Waals surface area contributed by atoms with Gasteiger partial charge in [0.05, 0.1) is 19.8 Å². The maximum Gasteiger partial charge on any atom is 0.302 e. The first kappa shape index (κ1) is 14.2. The minimum Gasteiger partial charge on any atom is -0.466 e. The van der Waals surface area contributed by atoms with Crippen LogP contribution >= 0.6 is 15.9 Å². The van der Waals surface area contributed by atoms with Gasteiger partial charge >= 0.3 is 5.97 Å². The van der Waals surface area contributed by atoms with Gasteiger partial charge in [0.1, 0.15) is 0 Å². The largest absolute Gasteiger partial charge is 0.466 e. The molecule has 1 aromatic carbocycles. The number of rotatable bonds is 1. The average Bonchev–Trinajstić information content (AvgIpc) is 2.29. The Bertz CT molecular complexity index is 377. The SMILES string of the molecule is Brc1ccc2c(c1)CCOC2.CCOC(C)=O. The second-order valence-corrected chi connectivity index (χ2v) is 4.56. The summed E-state index contributed by atoms with van der Waals surface area (Å²) < 4.78 is 10.9. The molecule has 0 radical (unpaired) electrons. The lowest BCUT2D eigenvalue weighted by molar-refractivity contribution is -0.140. The summed E-state index contributed by atoms with van der Waals surface area (Å²) in [5.41, 5.74) is 2.75. The molecule has 0 unspecified atom stereocenters. The van der Waals surface area contributed by atoms with E-state index in [1.54, 1.807) is 6.92 Å². The van der Waals surface area contributed by atoms with Crippen molar-refractivity contribution in [2.75, 3.05) is 13.2 Å². The standard InChI is InChI=1S/C9H9BrO.C4H8O2/c10-9-2-1-8-6-11-4-3-7(8)5-9;1-3-6-4(2)5/h1-2,5H,3-4,6H2;3H2,1-2H3. The minimum absolute atomic E-state index is 0.211. The van der Waals surface area contributed by atoms with Crippen LogP contribution in [-0.4, -0.2) is 19.2 Å². The van der Waals surface area contributed by atoms with Crippen molar-refractivity contribution >= 4 is 21.9 Å². The van der Waals surface area contributed by atoms with E-state index in [1.807, 2.05) is 0 Å². The molecule has 0 saturated heterocycles. The Morgan fingerprint density at radius 3 is 2.82 bits per heavy atom. The molecule has 0 amide bonds. The molecule has 0 atom stereocenters. The molecule has 3 nitrogen and oxygen atoms in total. The van der Waals surface area contributed by atoms with E-state index in [9.17, 15) is 4.79 Å². The molecule has 0 saturated carbocycles. The Morgan fingerprint density at radius 1 is 1.47 bits per heavy atom. The van der Waals surface area contributed by atoms with E-state index >= 15 is 0 Å². The quantitative estimate of drug-likeness (QED) is 0.748. The highest BCUT2D eigenvalue weighted by Gasteiger charge is 2.08. The zero-order valence-corrected chi connectivity index (χ0v) is 11.7. The van der Waals surface area contributed by atoms with Crippen molar-refractivity contribution < 1.29 is 14.3 Å². The molecule has 1 aliphatic heterocycles. The summed E-state index contributed by atoms with van der Waals surface area (Å²) in [4.78, 5) is 9.82. The van der Waals surface area contributed by atoms with E-state index < -0.39 is 0 Å². The highest BCUT2D eigenvalue weighted by molar-refractivity contribution is 9.10. The summed E-state index contributed by atoms with van der Waals surface area (Å²) in [5.74, 6) is -0.211. The predicted octanol–water partition coefficient (Wildman–Crippen LogP) is 3.09. The van der Waals surface area contributed by atoms with Crippen LogP contribution in [0.25, 0.3) is 0 Å². The minimum atomic E-state index is -0.211. The van der Waals surface area contributed by atoms with Gasteiger partial charge in [-0.2, -0.15) is 0 Å². The van der Waals surface area contributed by atoms with Gasteiger partial charge in [0, 0.05) is 11.4 Å². The molecular formula is C13H17BrO3. The van der Waals surface area contributed by atoms with Crippen molar-refractivity contribution in [3.8, 4) is 0 Å². The van der Waals surface area contributed by atoms with E-state index in [1.165, 1.54) is 18.1 Å². The van der Waals surface area contributed by atoms with Crippen LogP contribution in [0, 0.1) is 0 Å². The van der Waals surface area contributed by atoms with Gasteiger partial charge in [0.2, 0.25) is 0 Å². The summed E-state index contributed by atoms with van der Waals surface area (Å²) in [5, 5.41) is 0. The maximum atomic E-state index is 9.82. The molecule has 0 bridgehead atoms. The van der Waals surface area contributed by atoms with Gasteiger partial charge in [-0.3, -0.25) is 4.79 Å². The number of carbonyl (C=O) groups is 1. The fraction of sp³-hybridized carbons (Fsp3) is 0.462. The predicted molar refractivity (Wildman–Crippen MR) is 69.8 cm³/mol. The molecule has 0 N–H and O–H groups in total. The van der Waals surface area contributed by atoms with Crippen LogP contribution in [-0.2, 0) is 27.3 Å². The van der Waals surface area contributed by atoms with Crippen molar-refractivity contribution in [1.82, 2.24) is 0 Å². The van der Waals surface area contributed by atoms with E-state index in [0.717, 1.165) is 24.1 Å². The number of esters is 1. The van der Waals surface area contributed by atoms with Crippen LogP contribution < -0.4 is 0 Å². The number of benzene rings is 1. The monoisotopic (exact) mass is 300 g/mol. The molecule has 1 aromatic rings. The maximum absolute atomic E-state index is 9.82. The van der Waals surface area contributed by atoms with Crippen molar-refractivity contribution in [2.45, 2.75) is 26.9 Å². The number of hydrogen-bond acceptors (Lipinski definition) is 3. The lowest BCUT2D eigenvalue weighted by Crippen LogP contribution is -2.09. The lowest BCUT2D eigenvalue weighted by Gasteiger charge is -2.15. The van der Waals surface area contributed by atoms with Gasteiger partial charge in [0.15, 0.2) is 0 Å². The first-order chi connectivity index (χ1) is 8.13. The van der Waals surface area contributed by atoms with Crippen LogP contribution in [0.5, 0.6) is 0 Å². The fourth-order valence-corrected chi connectivity index (χ4v) is 1.94. The first-order valence-electron chi connectivity index (χ1n) is 5.62. The number of halogens is 1. The molecule has 2 rings (SSSR count). The van der Waals surface area contributed by atoms with Gasteiger partial charge in [-0.1, -0.05) is 22.0 Å². The van der Waals surface area contributed by atoms with E-state index in [0.29, 0.717) is 6.61 Å². The molecule has 4 heteroatoms. The third-order valence-corrected chi connectivity index (χ3v) is 2.78. The Kier molecular flexibility index (Phi) is 6.22. The van der Waals surface area contributed by atoms with Gasteiger partial charge < -0.3 is 9.47 Å². The average molecular weight is 301 g/mol. The Labute approximate surface area is 110 Å². The first-order valence-corrected chi connectivity index (χ1v) is 6.41. The van der Waals surface area contributed by atoms with Crippen molar-refractivity contribution in [3.63, 3.8) is 0 Å². The highest BCUT2D eigenvalue weighted by Crippen LogP contribution is 2.20. The van der Waals surface area contributed by atoms with Crippen LogP contribution in [0.3, 0.4) is 0 Å². The van der Waals surface area contributed by atoms with Crippen LogP contribution in [0.2, 0.25) is 0 Å². The second-order valence-electron chi connectivity index (χ2n) is 3.64. The van der Waals surface area contributed by atoms with Crippen molar-refractivity contribution in [2.24, 2.45) is 0 Å². The molecular weight excluding hydrogens is 284 g/mol. The summed E-state index contributed by atoms with van der Waals surface area (Å²) in [7, 11) is 0. The number of hydrogen-bond donors (Lipinski definition) is 0. The van der Waals surface area contributed by atoms with Crippen molar-refractivity contribution in [1.29, 1.82) is 0 Å². The van der Waals surface area contributed by atoms with Gasteiger partial charge in [-0.15, -0.1) is 0 Å². The lowest BCUT2D eigenvalue weighted by atomic mass is 10.0. The third-order valence-electron chi connectivity index (χ3n) is 2.29. The second kappa shape index (κ2) is 7.45. The van der Waals surface area contributed by atoms with Crippen LogP contribution in [0.15, 0.2) is 22.7 Å². The normalized spacial score (nSPS) is 13.1. The van der Waals surface area contributed by atoms with E-state index in [-0.39, 0.29) is 5.97 Å². The number of carbonyl (C=O) groups excluding carboxylic acids is 1. The molecule has 17 heavy (non-hydrogen) atoms. The van der Waals surface area contributed by atoms with Gasteiger partial charge in [0.25, 0.3) is 0 Å². The Hall–Kier alpha value is -0.870. The van der Waals surface area contributed by atoms with Gasteiger partial charge in [-0.05, 0) is 36.6 Å². The summed E-state index contributed by atoms with van der Waals surface area (Å²) in [6.45, 7) is 5.30. The molecule has 0 aliphatic carbocycles. The summed E-state index contributed by atoms with van der Waals surface area (Å²) in [6, 6.07) is 6.37. The third kappa shape index (κ3) is 5.33. The molecule has 0 aromatic heterocycles. The molecule has 0 spiro atoms. The van der Waals surface area contributed by atoms with E-state index in [2.05, 4.69) is 38.9 Å². The zero-order chi connectivity index (χ0) is 12.7. The highest BCUT2D eigenvalue weighted by atomic mass is 79.9. The Morgan fingerprint density at radius 2 is 2.24 bits per heavy atom. The number of fused-ring (bicyclic) bond motifs is 1.